The van der Waals surface area contributed by atoms with Crippen molar-refractivity contribution in [3.63, 3.8) is 0 Å². The van der Waals surface area contributed by atoms with E-state index in [0.717, 1.165) is 4.90 Å². The number of carbonyl (C=O) groups excluding carboxylic acids is 3. The van der Waals surface area contributed by atoms with Crippen LogP contribution in [0.25, 0.3) is 0 Å². The predicted molar refractivity (Wildman–Crippen MR) is 61.7 cm³/mol. The van der Waals surface area contributed by atoms with Crippen molar-refractivity contribution in [1.29, 1.82) is 0 Å². The molecule has 6 heteroatoms. The topological polar surface area (TPSA) is 75.7 Å². The summed E-state index contributed by atoms with van der Waals surface area (Å²) >= 11 is 0. The fourth-order valence-electron chi connectivity index (χ4n) is 1.74. The molecule has 0 bridgehead atoms. The smallest absolute Gasteiger partial charge is 0.331 e. The Kier molecular flexibility index (Phi) is 3.27. The lowest BCUT2D eigenvalue weighted by molar-refractivity contribution is -0.136. The van der Waals surface area contributed by atoms with Crippen LogP contribution >= 0.6 is 0 Å². The third kappa shape index (κ3) is 2.32. The van der Waals surface area contributed by atoms with E-state index in [2.05, 4.69) is 5.32 Å². The molecule has 0 unspecified atom stereocenters. The molecule has 1 heterocycles. The molecule has 0 saturated carbocycles. The average molecular weight is 248 g/mol. The van der Waals surface area contributed by atoms with E-state index in [1.165, 1.54) is 7.11 Å². The Hall–Kier alpha value is -2.37. The number of benzene rings is 1. The molecule has 94 valence electrons. The van der Waals surface area contributed by atoms with Gasteiger partial charge in [0.05, 0.1) is 13.7 Å². The highest BCUT2D eigenvalue weighted by molar-refractivity contribution is 6.14. The number of urea groups is 1. The van der Waals surface area contributed by atoms with Crippen LogP contribution in [0.2, 0.25) is 0 Å². The second kappa shape index (κ2) is 4.87. The maximum Gasteiger partial charge on any atom is 0.331 e. The molecule has 1 saturated heterocycles. The lowest BCUT2D eigenvalue weighted by atomic mass is 10.1. The minimum atomic E-state index is -0.692. The number of para-hydroxylation sites is 1. The first-order valence-electron chi connectivity index (χ1n) is 5.38. The van der Waals surface area contributed by atoms with Crippen LogP contribution in [0.15, 0.2) is 24.3 Å². The molecule has 0 atom stereocenters. The standard InChI is InChI=1S/C12H12N2O4/c1-18-9-5-3-2-4-8(9)7-14-11(16)6-10(15)13-12(14)17/h2-5H,6-7H2,1H3,(H,13,15,17). The number of ether oxygens (including phenoxy) is 1. The summed E-state index contributed by atoms with van der Waals surface area (Å²) in [4.78, 5) is 35.2. The number of imide groups is 2. The fraction of sp³-hybridized carbons (Fsp3) is 0.250. The first-order chi connectivity index (χ1) is 8.61. The SMILES string of the molecule is COc1ccccc1CN1C(=O)CC(=O)NC1=O. The molecule has 0 spiro atoms. The average Bonchev–Trinajstić information content (AvgIpc) is 2.34. The van der Waals surface area contributed by atoms with Crippen molar-refractivity contribution in [2.24, 2.45) is 0 Å². The Morgan fingerprint density at radius 3 is 2.67 bits per heavy atom. The summed E-state index contributed by atoms with van der Waals surface area (Å²) in [6, 6.07) is 6.39. The van der Waals surface area contributed by atoms with Gasteiger partial charge in [-0.15, -0.1) is 0 Å². The lowest BCUT2D eigenvalue weighted by Gasteiger charge is -2.25. The number of nitrogens with one attached hydrogen (secondary N) is 1. The van der Waals surface area contributed by atoms with Gasteiger partial charge in [-0.2, -0.15) is 0 Å². The number of barbiturate groups is 1. The van der Waals surface area contributed by atoms with E-state index < -0.39 is 17.8 Å². The van der Waals surface area contributed by atoms with Crippen LogP contribution in [0.3, 0.4) is 0 Å². The van der Waals surface area contributed by atoms with Crippen molar-refractivity contribution in [1.82, 2.24) is 10.2 Å². The van der Waals surface area contributed by atoms with E-state index in [-0.39, 0.29) is 13.0 Å². The van der Waals surface area contributed by atoms with Crippen LogP contribution in [0.5, 0.6) is 5.75 Å². The molecule has 18 heavy (non-hydrogen) atoms. The van der Waals surface area contributed by atoms with Gasteiger partial charge in [0.2, 0.25) is 11.8 Å². The molecular formula is C12H12N2O4. The van der Waals surface area contributed by atoms with Crippen molar-refractivity contribution in [2.75, 3.05) is 7.11 Å². The highest BCUT2D eigenvalue weighted by Crippen LogP contribution is 2.20. The molecule has 2 rings (SSSR count). The first kappa shape index (κ1) is 12.1. The summed E-state index contributed by atoms with van der Waals surface area (Å²) in [7, 11) is 1.51. The summed E-state index contributed by atoms with van der Waals surface area (Å²) in [5.41, 5.74) is 0.706. The van der Waals surface area contributed by atoms with E-state index in [1.54, 1.807) is 24.3 Å². The molecule has 6 nitrogen and oxygen atoms in total. The number of amides is 4. The molecule has 1 aromatic rings. The van der Waals surface area contributed by atoms with Crippen molar-refractivity contribution in [2.45, 2.75) is 13.0 Å². The van der Waals surface area contributed by atoms with Gasteiger partial charge in [0.25, 0.3) is 0 Å². The number of carbonyl (C=O) groups is 3. The van der Waals surface area contributed by atoms with Gasteiger partial charge in [-0.05, 0) is 6.07 Å². The summed E-state index contributed by atoms with van der Waals surface area (Å²) < 4.78 is 5.14. The van der Waals surface area contributed by atoms with Gasteiger partial charge in [0.15, 0.2) is 0 Å². The maximum atomic E-state index is 11.6. The molecule has 0 aliphatic carbocycles. The summed E-state index contributed by atoms with van der Waals surface area (Å²) in [5, 5.41) is 2.10. The van der Waals surface area contributed by atoms with Crippen molar-refractivity contribution in [3.8, 4) is 5.75 Å². The van der Waals surface area contributed by atoms with Crippen LogP contribution < -0.4 is 10.1 Å². The monoisotopic (exact) mass is 248 g/mol. The molecule has 0 radical (unpaired) electrons. The zero-order chi connectivity index (χ0) is 13.1. The summed E-state index contributed by atoms with van der Waals surface area (Å²) in [6.45, 7) is 0.0853. The molecule has 1 N–H and O–H groups in total. The van der Waals surface area contributed by atoms with Crippen molar-refractivity contribution < 1.29 is 19.1 Å². The van der Waals surface area contributed by atoms with E-state index >= 15 is 0 Å². The minimum Gasteiger partial charge on any atom is -0.496 e. The van der Waals surface area contributed by atoms with Crippen LogP contribution in [0.4, 0.5) is 4.79 Å². The molecule has 4 amide bonds. The van der Waals surface area contributed by atoms with Crippen LogP contribution in [0.1, 0.15) is 12.0 Å². The third-order valence-electron chi connectivity index (χ3n) is 2.63. The second-order valence-corrected chi connectivity index (χ2v) is 3.82. The zero-order valence-electron chi connectivity index (χ0n) is 9.80. The molecular weight excluding hydrogens is 236 g/mol. The highest BCUT2D eigenvalue weighted by atomic mass is 16.5. The summed E-state index contributed by atoms with van der Waals surface area (Å²) in [5.74, 6) is -0.481. The van der Waals surface area contributed by atoms with Crippen molar-refractivity contribution >= 4 is 17.8 Å². The largest absolute Gasteiger partial charge is 0.496 e. The second-order valence-electron chi connectivity index (χ2n) is 3.82. The van der Waals surface area contributed by atoms with Gasteiger partial charge < -0.3 is 4.74 Å². The van der Waals surface area contributed by atoms with Gasteiger partial charge in [0.1, 0.15) is 12.2 Å². The quantitative estimate of drug-likeness (QED) is 0.797. The maximum absolute atomic E-state index is 11.6. The Balaban J connectivity index is 2.20. The van der Waals surface area contributed by atoms with Crippen LogP contribution in [-0.4, -0.2) is 29.9 Å². The Morgan fingerprint density at radius 2 is 2.00 bits per heavy atom. The Morgan fingerprint density at radius 1 is 1.28 bits per heavy atom. The molecule has 1 aliphatic heterocycles. The number of nitrogens with zero attached hydrogens (tertiary/aromatic N) is 1. The van der Waals surface area contributed by atoms with Gasteiger partial charge in [0, 0.05) is 5.56 Å². The number of rotatable bonds is 3. The molecule has 1 aliphatic rings. The van der Waals surface area contributed by atoms with E-state index in [4.69, 9.17) is 4.74 Å². The molecule has 0 aromatic heterocycles. The zero-order valence-corrected chi connectivity index (χ0v) is 9.80. The van der Waals surface area contributed by atoms with Gasteiger partial charge in [-0.1, -0.05) is 18.2 Å². The van der Waals surface area contributed by atoms with Crippen molar-refractivity contribution in [3.05, 3.63) is 29.8 Å². The van der Waals surface area contributed by atoms with Gasteiger partial charge in [-0.25, -0.2) is 4.79 Å². The van der Waals surface area contributed by atoms with Crippen LogP contribution in [-0.2, 0) is 16.1 Å². The Bertz CT molecular complexity index is 493. The molecule has 1 fully saturated rings. The van der Waals surface area contributed by atoms with Gasteiger partial charge >= 0.3 is 6.03 Å². The summed E-state index contributed by atoms with van der Waals surface area (Å²) in [6.07, 6.45) is -0.305. The highest BCUT2D eigenvalue weighted by Gasteiger charge is 2.31. The normalized spacial score (nSPS) is 15.6. The van der Waals surface area contributed by atoms with E-state index in [1.807, 2.05) is 0 Å². The Labute approximate surface area is 104 Å². The number of hydrogen-bond donors (Lipinski definition) is 1. The third-order valence-corrected chi connectivity index (χ3v) is 2.63. The molecule has 1 aromatic carbocycles. The fourth-order valence-corrected chi connectivity index (χ4v) is 1.74. The minimum absolute atomic E-state index is 0.0853. The number of hydrogen-bond acceptors (Lipinski definition) is 4. The lowest BCUT2D eigenvalue weighted by Crippen LogP contribution is -2.52. The first-order valence-corrected chi connectivity index (χ1v) is 5.38. The van der Waals surface area contributed by atoms with E-state index in [9.17, 15) is 14.4 Å². The predicted octanol–water partition coefficient (Wildman–Crippen LogP) is 0.664. The number of methoxy groups -OCH3 is 1. The van der Waals surface area contributed by atoms with E-state index in [0.29, 0.717) is 11.3 Å². The van der Waals surface area contributed by atoms with Crippen LogP contribution in [0, 0.1) is 0 Å². The van der Waals surface area contributed by atoms with Gasteiger partial charge in [-0.3, -0.25) is 19.8 Å².